The lowest BCUT2D eigenvalue weighted by Gasteiger charge is -2.05. The van der Waals surface area contributed by atoms with E-state index in [4.69, 9.17) is 9.84 Å². The lowest BCUT2D eigenvalue weighted by Crippen LogP contribution is -2.05. The van der Waals surface area contributed by atoms with Crippen molar-refractivity contribution >= 4 is 5.97 Å². The highest BCUT2D eigenvalue weighted by Gasteiger charge is 2.03. The van der Waals surface area contributed by atoms with Crippen LogP contribution in [0.2, 0.25) is 0 Å². The van der Waals surface area contributed by atoms with Crippen molar-refractivity contribution in [3.05, 3.63) is 35.9 Å². The van der Waals surface area contributed by atoms with Gasteiger partial charge < -0.3 is 9.84 Å². The SMILES string of the molecule is CC(O)CCCCC(=O)OCc1ccccc1. The van der Waals surface area contributed by atoms with Gasteiger partial charge in [0.2, 0.25) is 0 Å². The highest BCUT2D eigenvalue weighted by Crippen LogP contribution is 2.06. The molecule has 1 aromatic rings. The van der Waals surface area contributed by atoms with E-state index in [0.29, 0.717) is 13.0 Å². The molecule has 3 heteroatoms. The summed E-state index contributed by atoms with van der Waals surface area (Å²) in [6, 6.07) is 9.64. The average Bonchev–Trinajstić information content (AvgIpc) is 2.33. The second kappa shape index (κ2) is 7.85. The number of unbranched alkanes of at least 4 members (excludes halogenated alkanes) is 1. The summed E-state index contributed by atoms with van der Waals surface area (Å²) in [4.78, 5) is 11.4. The number of ether oxygens (including phenoxy) is 1. The summed E-state index contributed by atoms with van der Waals surface area (Å²) >= 11 is 0. The number of aliphatic hydroxyl groups excluding tert-OH is 1. The van der Waals surface area contributed by atoms with Gasteiger partial charge in [0.1, 0.15) is 6.61 Å². The number of aliphatic hydroxyl groups is 1. The molecule has 17 heavy (non-hydrogen) atoms. The van der Waals surface area contributed by atoms with E-state index in [9.17, 15) is 4.79 Å². The molecule has 0 aliphatic heterocycles. The summed E-state index contributed by atoms with van der Waals surface area (Å²) in [5.74, 6) is -0.167. The Morgan fingerprint density at radius 2 is 2.00 bits per heavy atom. The lowest BCUT2D eigenvalue weighted by molar-refractivity contribution is -0.145. The van der Waals surface area contributed by atoms with Crippen molar-refractivity contribution in [3.63, 3.8) is 0 Å². The van der Waals surface area contributed by atoms with Crippen LogP contribution in [0.25, 0.3) is 0 Å². The Hall–Kier alpha value is -1.35. The fourth-order valence-corrected chi connectivity index (χ4v) is 1.52. The van der Waals surface area contributed by atoms with Crippen LogP contribution in [-0.4, -0.2) is 17.2 Å². The first-order valence-electron chi connectivity index (χ1n) is 6.06. The largest absolute Gasteiger partial charge is 0.461 e. The smallest absolute Gasteiger partial charge is 0.306 e. The molecule has 1 unspecified atom stereocenters. The van der Waals surface area contributed by atoms with Crippen LogP contribution in [0.1, 0.15) is 38.2 Å². The van der Waals surface area contributed by atoms with Crippen LogP contribution >= 0.6 is 0 Å². The average molecular weight is 236 g/mol. The summed E-state index contributed by atoms with van der Waals surface area (Å²) in [5, 5.41) is 9.05. The van der Waals surface area contributed by atoms with E-state index >= 15 is 0 Å². The molecule has 1 atom stereocenters. The van der Waals surface area contributed by atoms with Crippen LogP contribution in [0.5, 0.6) is 0 Å². The third-order valence-electron chi connectivity index (χ3n) is 2.50. The van der Waals surface area contributed by atoms with Gasteiger partial charge >= 0.3 is 5.97 Å². The zero-order valence-electron chi connectivity index (χ0n) is 10.3. The normalized spacial score (nSPS) is 12.1. The molecule has 1 rings (SSSR count). The molecule has 94 valence electrons. The summed E-state index contributed by atoms with van der Waals surface area (Å²) in [6.07, 6.45) is 2.53. The van der Waals surface area contributed by atoms with E-state index in [-0.39, 0.29) is 12.1 Å². The first kappa shape index (κ1) is 13.7. The summed E-state index contributed by atoms with van der Waals surface area (Å²) < 4.78 is 5.13. The zero-order valence-corrected chi connectivity index (χ0v) is 10.3. The Morgan fingerprint density at radius 1 is 1.29 bits per heavy atom. The van der Waals surface area contributed by atoms with E-state index in [1.807, 2.05) is 30.3 Å². The number of benzene rings is 1. The second-order valence-corrected chi connectivity index (χ2v) is 4.24. The van der Waals surface area contributed by atoms with Gasteiger partial charge in [-0.2, -0.15) is 0 Å². The van der Waals surface area contributed by atoms with Crippen LogP contribution in [0.4, 0.5) is 0 Å². The van der Waals surface area contributed by atoms with E-state index in [2.05, 4.69) is 0 Å². The van der Waals surface area contributed by atoms with Crippen molar-refractivity contribution in [2.45, 2.75) is 45.3 Å². The molecule has 0 saturated carbocycles. The third kappa shape index (κ3) is 6.74. The lowest BCUT2D eigenvalue weighted by atomic mass is 10.1. The molecule has 0 fully saturated rings. The minimum absolute atomic E-state index is 0.167. The number of carbonyl (C=O) groups is 1. The third-order valence-corrected chi connectivity index (χ3v) is 2.50. The molecule has 0 spiro atoms. The van der Waals surface area contributed by atoms with Gasteiger partial charge in [0.15, 0.2) is 0 Å². The van der Waals surface area contributed by atoms with Crippen LogP contribution < -0.4 is 0 Å². The maximum absolute atomic E-state index is 11.4. The number of hydrogen-bond donors (Lipinski definition) is 1. The van der Waals surface area contributed by atoms with Gasteiger partial charge in [-0.3, -0.25) is 4.79 Å². The molecule has 0 aliphatic carbocycles. The molecule has 0 radical (unpaired) electrons. The summed E-state index contributed by atoms with van der Waals surface area (Å²) in [5.41, 5.74) is 1.00. The van der Waals surface area contributed by atoms with Crippen molar-refractivity contribution < 1.29 is 14.6 Å². The minimum Gasteiger partial charge on any atom is -0.461 e. The first-order valence-corrected chi connectivity index (χ1v) is 6.06. The molecule has 0 saturated heterocycles. The Bertz CT molecular complexity index is 319. The first-order chi connectivity index (χ1) is 8.18. The van der Waals surface area contributed by atoms with Crippen LogP contribution in [-0.2, 0) is 16.1 Å². The van der Waals surface area contributed by atoms with Crippen molar-refractivity contribution in [1.29, 1.82) is 0 Å². The molecule has 1 aromatic carbocycles. The number of carbonyl (C=O) groups excluding carboxylic acids is 1. The molecule has 3 nitrogen and oxygen atoms in total. The highest BCUT2D eigenvalue weighted by molar-refractivity contribution is 5.69. The Labute approximate surface area is 102 Å². The molecule has 1 N–H and O–H groups in total. The Kier molecular flexibility index (Phi) is 6.33. The molecule has 0 heterocycles. The van der Waals surface area contributed by atoms with Gasteiger partial charge in [0.05, 0.1) is 6.10 Å². The zero-order chi connectivity index (χ0) is 12.5. The van der Waals surface area contributed by atoms with E-state index in [1.54, 1.807) is 6.92 Å². The summed E-state index contributed by atoms with van der Waals surface area (Å²) in [7, 11) is 0. The van der Waals surface area contributed by atoms with Crippen LogP contribution in [0.3, 0.4) is 0 Å². The molecular weight excluding hydrogens is 216 g/mol. The van der Waals surface area contributed by atoms with Gasteiger partial charge in [0.25, 0.3) is 0 Å². The van der Waals surface area contributed by atoms with Gasteiger partial charge in [0, 0.05) is 6.42 Å². The van der Waals surface area contributed by atoms with Crippen molar-refractivity contribution in [2.24, 2.45) is 0 Å². The van der Waals surface area contributed by atoms with Crippen LogP contribution in [0.15, 0.2) is 30.3 Å². The molecule has 0 aromatic heterocycles. The Balaban J connectivity index is 2.09. The fourth-order valence-electron chi connectivity index (χ4n) is 1.52. The number of rotatable bonds is 7. The number of esters is 1. The van der Waals surface area contributed by atoms with Crippen molar-refractivity contribution in [1.82, 2.24) is 0 Å². The maximum atomic E-state index is 11.4. The van der Waals surface area contributed by atoms with E-state index < -0.39 is 0 Å². The van der Waals surface area contributed by atoms with E-state index in [0.717, 1.165) is 24.8 Å². The molecule has 0 bridgehead atoms. The predicted octanol–water partition coefficient (Wildman–Crippen LogP) is 2.67. The maximum Gasteiger partial charge on any atom is 0.306 e. The van der Waals surface area contributed by atoms with Crippen LogP contribution in [0, 0.1) is 0 Å². The fraction of sp³-hybridized carbons (Fsp3) is 0.500. The molecule has 0 amide bonds. The summed E-state index contributed by atoms with van der Waals surface area (Å²) in [6.45, 7) is 2.10. The highest BCUT2D eigenvalue weighted by atomic mass is 16.5. The standard InChI is InChI=1S/C14H20O3/c1-12(15)7-5-6-10-14(16)17-11-13-8-3-2-4-9-13/h2-4,8-9,12,15H,5-7,10-11H2,1H3. The van der Waals surface area contributed by atoms with Gasteiger partial charge in [-0.15, -0.1) is 0 Å². The topological polar surface area (TPSA) is 46.5 Å². The Morgan fingerprint density at radius 3 is 2.65 bits per heavy atom. The predicted molar refractivity (Wildman–Crippen MR) is 66.4 cm³/mol. The second-order valence-electron chi connectivity index (χ2n) is 4.24. The van der Waals surface area contributed by atoms with Gasteiger partial charge in [-0.25, -0.2) is 0 Å². The van der Waals surface area contributed by atoms with Gasteiger partial charge in [-0.1, -0.05) is 36.8 Å². The minimum atomic E-state index is -0.282. The van der Waals surface area contributed by atoms with Crippen molar-refractivity contribution in [3.8, 4) is 0 Å². The van der Waals surface area contributed by atoms with Gasteiger partial charge in [-0.05, 0) is 25.3 Å². The molecule has 0 aliphatic rings. The molecular formula is C14H20O3. The van der Waals surface area contributed by atoms with Crippen molar-refractivity contribution in [2.75, 3.05) is 0 Å². The number of hydrogen-bond acceptors (Lipinski definition) is 3. The monoisotopic (exact) mass is 236 g/mol. The van der Waals surface area contributed by atoms with E-state index in [1.165, 1.54) is 0 Å². The quantitative estimate of drug-likeness (QED) is 0.585.